The second-order valence-corrected chi connectivity index (χ2v) is 4.61. The fraction of sp³-hybridized carbons (Fsp3) is 0.538. The van der Waals surface area contributed by atoms with E-state index >= 15 is 0 Å². The zero-order valence-electron chi connectivity index (χ0n) is 9.26. The number of hydrogen-bond acceptors (Lipinski definition) is 0. The average Bonchev–Trinajstić information content (AvgIpc) is 2.18. The Morgan fingerprint density at radius 1 is 1.14 bits per heavy atom. The molecule has 0 heterocycles. The van der Waals surface area contributed by atoms with Crippen molar-refractivity contribution < 1.29 is 0 Å². The number of halogens is 1. The molecule has 78 valence electrons. The maximum atomic E-state index is 6.27. The lowest BCUT2D eigenvalue weighted by molar-refractivity contribution is 0.624. The van der Waals surface area contributed by atoms with E-state index in [-0.39, 0.29) is 5.38 Å². The summed E-state index contributed by atoms with van der Waals surface area (Å²) in [5, 5.41) is 0.144. The molecule has 0 nitrogen and oxygen atoms in total. The lowest BCUT2D eigenvalue weighted by atomic mass is 10.00. The molecule has 0 bridgehead atoms. The predicted octanol–water partition coefficient (Wildman–Crippen LogP) is 4.58. The fourth-order valence-corrected chi connectivity index (χ4v) is 1.69. The van der Waals surface area contributed by atoms with E-state index in [2.05, 4.69) is 45.0 Å². The van der Waals surface area contributed by atoms with Crippen molar-refractivity contribution in [1.82, 2.24) is 0 Å². The molecule has 0 N–H and O–H groups in total. The van der Waals surface area contributed by atoms with Crippen molar-refractivity contribution in [3.05, 3.63) is 35.4 Å². The van der Waals surface area contributed by atoms with Gasteiger partial charge in [0.05, 0.1) is 5.38 Å². The van der Waals surface area contributed by atoms with Crippen LogP contribution in [0.4, 0.5) is 0 Å². The molecule has 1 atom stereocenters. The van der Waals surface area contributed by atoms with Gasteiger partial charge in [-0.3, -0.25) is 0 Å². The van der Waals surface area contributed by atoms with Crippen molar-refractivity contribution in [3.8, 4) is 0 Å². The summed E-state index contributed by atoms with van der Waals surface area (Å²) in [6.45, 7) is 6.50. The first-order chi connectivity index (χ1) is 6.65. The molecule has 0 saturated heterocycles. The fourth-order valence-electron chi connectivity index (χ4n) is 1.54. The minimum absolute atomic E-state index is 0.144. The van der Waals surface area contributed by atoms with Crippen molar-refractivity contribution in [2.24, 2.45) is 5.92 Å². The van der Waals surface area contributed by atoms with Crippen LogP contribution in [0.25, 0.3) is 0 Å². The standard InChI is InChI=1S/C13H19Cl/c1-4-5-11-6-8-12(9-7-11)13(14)10(2)3/h6-10,13H,4-5H2,1-3H3. The predicted molar refractivity (Wildman–Crippen MR) is 63.9 cm³/mol. The minimum atomic E-state index is 0.144. The van der Waals surface area contributed by atoms with Crippen LogP contribution < -0.4 is 0 Å². The third-order valence-electron chi connectivity index (χ3n) is 2.42. The second kappa shape index (κ2) is 5.41. The highest BCUT2D eigenvalue weighted by molar-refractivity contribution is 6.20. The zero-order chi connectivity index (χ0) is 10.6. The lowest BCUT2D eigenvalue weighted by Crippen LogP contribution is -1.99. The number of rotatable bonds is 4. The van der Waals surface area contributed by atoms with Crippen molar-refractivity contribution in [2.75, 3.05) is 0 Å². The Balaban J connectivity index is 2.72. The van der Waals surface area contributed by atoms with Crippen LogP contribution in [-0.4, -0.2) is 0 Å². The van der Waals surface area contributed by atoms with Gasteiger partial charge in [-0.15, -0.1) is 11.6 Å². The van der Waals surface area contributed by atoms with Crippen LogP contribution in [0.3, 0.4) is 0 Å². The monoisotopic (exact) mass is 210 g/mol. The van der Waals surface area contributed by atoms with Gasteiger partial charge in [-0.25, -0.2) is 0 Å². The Labute approximate surface area is 92.3 Å². The van der Waals surface area contributed by atoms with Crippen LogP contribution in [0.1, 0.15) is 43.7 Å². The molecule has 1 rings (SSSR count). The maximum absolute atomic E-state index is 6.27. The molecule has 1 heteroatoms. The van der Waals surface area contributed by atoms with Gasteiger partial charge >= 0.3 is 0 Å². The first-order valence-electron chi connectivity index (χ1n) is 5.38. The van der Waals surface area contributed by atoms with Gasteiger partial charge in [0.25, 0.3) is 0 Å². The van der Waals surface area contributed by atoms with E-state index < -0.39 is 0 Å². The molecular weight excluding hydrogens is 192 g/mol. The maximum Gasteiger partial charge on any atom is 0.0608 e. The third-order valence-corrected chi connectivity index (χ3v) is 3.18. The van der Waals surface area contributed by atoms with Crippen LogP contribution in [0.15, 0.2) is 24.3 Å². The van der Waals surface area contributed by atoms with E-state index in [4.69, 9.17) is 11.6 Å². The lowest BCUT2D eigenvalue weighted by Gasteiger charge is -2.13. The molecule has 0 amide bonds. The molecule has 1 unspecified atom stereocenters. The van der Waals surface area contributed by atoms with E-state index in [1.165, 1.54) is 17.5 Å². The Morgan fingerprint density at radius 3 is 2.14 bits per heavy atom. The van der Waals surface area contributed by atoms with Gasteiger partial charge in [0.2, 0.25) is 0 Å². The van der Waals surface area contributed by atoms with Crippen molar-refractivity contribution >= 4 is 11.6 Å². The van der Waals surface area contributed by atoms with Crippen LogP contribution in [-0.2, 0) is 6.42 Å². The highest BCUT2D eigenvalue weighted by atomic mass is 35.5. The van der Waals surface area contributed by atoms with Gasteiger partial charge < -0.3 is 0 Å². The van der Waals surface area contributed by atoms with E-state index in [1.807, 2.05) is 0 Å². The zero-order valence-corrected chi connectivity index (χ0v) is 10.0. The summed E-state index contributed by atoms with van der Waals surface area (Å²) in [5.74, 6) is 0.494. The van der Waals surface area contributed by atoms with Gasteiger partial charge in [0, 0.05) is 0 Å². The molecular formula is C13H19Cl. The summed E-state index contributed by atoms with van der Waals surface area (Å²) in [7, 11) is 0. The number of alkyl halides is 1. The first kappa shape index (κ1) is 11.6. The highest BCUT2D eigenvalue weighted by Gasteiger charge is 2.11. The second-order valence-electron chi connectivity index (χ2n) is 4.14. The molecule has 0 aromatic heterocycles. The molecule has 0 radical (unpaired) electrons. The number of hydrogen-bond donors (Lipinski definition) is 0. The van der Waals surface area contributed by atoms with Crippen molar-refractivity contribution in [3.63, 3.8) is 0 Å². The van der Waals surface area contributed by atoms with E-state index in [0.717, 1.165) is 6.42 Å². The first-order valence-corrected chi connectivity index (χ1v) is 5.81. The molecule has 1 aromatic rings. The third kappa shape index (κ3) is 3.02. The topological polar surface area (TPSA) is 0 Å². The summed E-state index contributed by atoms with van der Waals surface area (Å²) in [6, 6.07) is 8.69. The SMILES string of the molecule is CCCc1ccc(C(Cl)C(C)C)cc1. The van der Waals surface area contributed by atoms with Crippen LogP contribution in [0, 0.1) is 5.92 Å². The molecule has 0 aliphatic rings. The van der Waals surface area contributed by atoms with Gasteiger partial charge in [-0.2, -0.15) is 0 Å². The van der Waals surface area contributed by atoms with Crippen LogP contribution in [0.2, 0.25) is 0 Å². The summed E-state index contributed by atoms with van der Waals surface area (Å²) in [6.07, 6.45) is 2.36. The van der Waals surface area contributed by atoms with Gasteiger partial charge in [0.1, 0.15) is 0 Å². The van der Waals surface area contributed by atoms with Crippen molar-refractivity contribution in [2.45, 2.75) is 39.0 Å². The smallest absolute Gasteiger partial charge is 0.0608 e. The number of benzene rings is 1. The molecule has 0 aliphatic heterocycles. The molecule has 0 spiro atoms. The summed E-state index contributed by atoms with van der Waals surface area (Å²) in [4.78, 5) is 0. The molecule has 14 heavy (non-hydrogen) atoms. The average molecular weight is 211 g/mol. The molecule has 0 saturated carbocycles. The minimum Gasteiger partial charge on any atom is -0.118 e. The van der Waals surface area contributed by atoms with E-state index in [9.17, 15) is 0 Å². The van der Waals surface area contributed by atoms with Crippen molar-refractivity contribution in [1.29, 1.82) is 0 Å². The Bertz CT molecular complexity index is 261. The molecule has 1 aromatic carbocycles. The number of aryl methyl sites for hydroxylation is 1. The Hall–Kier alpha value is -0.490. The Kier molecular flexibility index (Phi) is 4.47. The van der Waals surface area contributed by atoms with Gasteiger partial charge in [-0.1, -0.05) is 51.5 Å². The largest absolute Gasteiger partial charge is 0.118 e. The van der Waals surface area contributed by atoms with E-state index in [1.54, 1.807) is 0 Å². The normalized spacial score (nSPS) is 13.2. The summed E-state index contributed by atoms with van der Waals surface area (Å²) < 4.78 is 0. The Morgan fingerprint density at radius 2 is 1.71 bits per heavy atom. The highest BCUT2D eigenvalue weighted by Crippen LogP contribution is 2.28. The quantitative estimate of drug-likeness (QED) is 0.639. The summed E-state index contributed by atoms with van der Waals surface area (Å²) in [5.41, 5.74) is 2.64. The van der Waals surface area contributed by atoms with Crippen LogP contribution in [0.5, 0.6) is 0 Å². The van der Waals surface area contributed by atoms with E-state index in [0.29, 0.717) is 5.92 Å². The van der Waals surface area contributed by atoms with Crippen LogP contribution >= 0.6 is 11.6 Å². The summed E-state index contributed by atoms with van der Waals surface area (Å²) >= 11 is 6.27. The van der Waals surface area contributed by atoms with Gasteiger partial charge in [-0.05, 0) is 23.5 Å². The molecule has 0 aliphatic carbocycles. The molecule has 0 fully saturated rings. The van der Waals surface area contributed by atoms with Gasteiger partial charge in [0.15, 0.2) is 0 Å².